The van der Waals surface area contributed by atoms with Gasteiger partial charge in [0, 0.05) is 23.2 Å². The van der Waals surface area contributed by atoms with Crippen molar-refractivity contribution < 1.29 is 14.5 Å². The van der Waals surface area contributed by atoms with E-state index in [2.05, 4.69) is 5.32 Å². The van der Waals surface area contributed by atoms with Crippen LogP contribution in [0.15, 0.2) is 60.7 Å². The second kappa shape index (κ2) is 6.37. The Labute approximate surface area is 137 Å². The molecular formula is C18H14N2O4. The fraction of sp³-hybridized carbons (Fsp3) is 0.0556. The average Bonchev–Trinajstić information content (AvgIpc) is 2.61. The molecule has 0 heterocycles. The summed E-state index contributed by atoms with van der Waals surface area (Å²) < 4.78 is 4.74. The lowest BCUT2D eigenvalue weighted by molar-refractivity contribution is -0.384. The van der Waals surface area contributed by atoms with Crippen LogP contribution >= 0.6 is 0 Å². The molecule has 0 aliphatic carbocycles. The Morgan fingerprint density at radius 3 is 2.54 bits per heavy atom. The van der Waals surface area contributed by atoms with Gasteiger partial charge in [-0.15, -0.1) is 0 Å². The van der Waals surface area contributed by atoms with Crippen molar-refractivity contribution in [2.24, 2.45) is 0 Å². The molecule has 0 aromatic heterocycles. The van der Waals surface area contributed by atoms with Gasteiger partial charge in [0.2, 0.25) is 0 Å². The van der Waals surface area contributed by atoms with E-state index in [1.807, 2.05) is 42.5 Å². The SMILES string of the molecule is COC(=O)c1cc([N+](=O)[O-])ccc1Nc1cccc2ccccc12. The number of hydrogen-bond acceptors (Lipinski definition) is 5. The van der Waals surface area contributed by atoms with E-state index in [9.17, 15) is 14.9 Å². The van der Waals surface area contributed by atoms with Crippen LogP contribution in [0.4, 0.5) is 17.1 Å². The van der Waals surface area contributed by atoms with Crippen molar-refractivity contribution in [3.05, 3.63) is 76.3 Å². The standard InChI is InChI=1S/C18H14N2O4/c1-24-18(21)15-11-13(20(22)23)9-10-17(15)19-16-8-4-6-12-5-2-3-7-14(12)16/h2-11,19H,1H3. The molecule has 3 rings (SSSR count). The third-order valence-corrected chi connectivity index (χ3v) is 3.68. The second-order valence-corrected chi connectivity index (χ2v) is 5.13. The Hall–Kier alpha value is -3.41. The molecule has 6 heteroatoms. The number of nitrogens with zero attached hydrogens (tertiary/aromatic N) is 1. The lowest BCUT2D eigenvalue weighted by Gasteiger charge is -2.13. The zero-order valence-corrected chi connectivity index (χ0v) is 12.9. The van der Waals surface area contributed by atoms with E-state index in [1.165, 1.54) is 25.3 Å². The molecule has 1 N–H and O–H groups in total. The minimum atomic E-state index is -0.638. The zero-order chi connectivity index (χ0) is 17.1. The number of anilines is 2. The molecule has 0 bridgehead atoms. The Bertz CT molecular complexity index is 932. The predicted molar refractivity (Wildman–Crippen MR) is 91.7 cm³/mol. The monoisotopic (exact) mass is 322 g/mol. The number of benzene rings is 3. The Morgan fingerprint density at radius 2 is 1.79 bits per heavy atom. The Morgan fingerprint density at radius 1 is 1.04 bits per heavy atom. The molecule has 6 nitrogen and oxygen atoms in total. The number of hydrogen-bond donors (Lipinski definition) is 1. The molecule has 0 saturated heterocycles. The first kappa shape index (κ1) is 15.5. The van der Waals surface area contributed by atoms with Crippen molar-refractivity contribution >= 4 is 33.8 Å². The lowest BCUT2D eigenvalue weighted by Crippen LogP contribution is -2.06. The number of ether oxygens (including phenoxy) is 1. The number of methoxy groups -OCH3 is 1. The quantitative estimate of drug-likeness (QED) is 0.440. The Kier molecular flexibility index (Phi) is 4.11. The molecule has 120 valence electrons. The van der Waals surface area contributed by atoms with Crippen molar-refractivity contribution in [1.82, 2.24) is 0 Å². The topological polar surface area (TPSA) is 81.5 Å². The van der Waals surface area contributed by atoms with E-state index in [0.29, 0.717) is 5.69 Å². The summed E-state index contributed by atoms with van der Waals surface area (Å²) in [7, 11) is 1.24. The summed E-state index contributed by atoms with van der Waals surface area (Å²) in [4.78, 5) is 22.4. The smallest absolute Gasteiger partial charge is 0.340 e. The number of esters is 1. The van der Waals surface area contributed by atoms with Crippen molar-refractivity contribution in [3.8, 4) is 0 Å². The number of rotatable bonds is 4. The highest BCUT2D eigenvalue weighted by Crippen LogP contribution is 2.30. The van der Waals surface area contributed by atoms with Gasteiger partial charge in [0.1, 0.15) is 0 Å². The second-order valence-electron chi connectivity index (χ2n) is 5.13. The van der Waals surface area contributed by atoms with Crippen molar-refractivity contribution in [2.75, 3.05) is 12.4 Å². The largest absolute Gasteiger partial charge is 0.465 e. The van der Waals surface area contributed by atoms with E-state index in [1.54, 1.807) is 0 Å². The van der Waals surface area contributed by atoms with Gasteiger partial charge in [-0.1, -0.05) is 36.4 Å². The summed E-state index contributed by atoms with van der Waals surface area (Å²) in [5.74, 6) is -0.638. The summed E-state index contributed by atoms with van der Waals surface area (Å²) >= 11 is 0. The van der Waals surface area contributed by atoms with Crippen molar-refractivity contribution in [3.63, 3.8) is 0 Å². The lowest BCUT2D eigenvalue weighted by atomic mass is 10.1. The van der Waals surface area contributed by atoms with Crippen molar-refractivity contribution in [1.29, 1.82) is 0 Å². The maximum Gasteiger partial charge on any atom is 0.340 e. The van der Waals surface area contributed by atoms with E-state index >= 15 is 0 Å². The van der Waals surface area contributed by atoms with E-state index in [4.69, 9.17) is 4.74 Å². The first-order chi connectivity index (χ1) is 11.6. The van der Waals surface area contributed by atoms with Gasteiger partial charge in [-0.05, 0) is 17.5 Å². The van der Waals surface area contributed by atoms with E-state index in [-0.39, 0.29) is 11.3 Å². The van der Waals surface area contributed by atoms with Crippen LogP contribution < -0.4 is 5.32 Å². The van der Waals surface area contributed by atoms with Gasteiger partial charge in [0.05, 0.1) is 23.3 Å². The van der Waals surface area contributed by atoms with Gasteiger partial charge in [-0.25, -0.2) is 4.79 Å². The summed E-state index contributed by atoms with van der Waals surface area (Å²) in [6.45, 7) is 0. The average molecular weight is 322 g/mol. The number of carbonyl (C=O) groups is 1. The van der Waals surface area contributed by atoms with Gasteiger partial charge in [-0.2, -0.15) is 0 Å². The maximum atomic E-state index is 12.0. The molecule has 0 amide bonds. The van der Waals surface area contributed by atoms with E-state index < -0.39 is 10.9 Å². The fourth-order valence-corrected chi connectivity index (χ4v) is 2.51. The number of carbonyl (C=O) groups excluding carboxylic acids is 1. The predicted octanol–water partition coefficient (Wildman–Crippen LogP) is 4.28. The van der Waals surface area contributed by atoms with Crippen LogP contribution in [-0.4, -0.2) is 18.0 Å². The highest BCUT2D eigenvalue weighted by atomic mass is 16.6. The van der Waals surface area contributed by atoms with Crippen LogP contribution in [0.1, 0.15) is 10.4 Å². The molecule has 3 aromatic carbocycles. The highest BCUT2D eigenvalue weighted by molar-refractivity contribution is 6.00. The molecule has 24 heavy (non-hydrogen) atoms. The minimum Gasteiger partial charge on any atom is -0.465 e. The molecule has 0 aliphatic heterocycles. The molecular weight excluding hydrogens is 308 g/mol. The summed E-state index contributed by atoms with van der Waals surface area (Å²) in [6.07, 6.45) is 0. The van der Waals surface area contributed by atoms with Gasteiger partial charge in [0.25, 0.3) is 5.69 Å². The molecule has 0 saturated carbocycles. The van der Waals surface area contributed by atoms with Gasteiger partial charge in [-0.3, -0.25) is 10.1 Å². The molecule has 0 aliphatic rings. The number of nitro benzene ring substituents is 1. The fourth-order valence-electron chi connectivity index (χ4n) is 2.51. The third kappa shape index (κ3) is 2.89. The molecule has 0 radical (unpaired) electrons. The summed E-state index contributed by atoms with van der Waals surface area (Å²) in [5, 5.41) is 16.1. The first-order valence-corrected chi connectivity index (χ1v) is 7.21. The zero-order valence-electron chi connectivity index (χ0n) is 12.9. The highest BCUT2D eigenvalue weighted by Gasteiger charge is 2.17. The summed E-state index contributed by atoms with van der Waals surface area (Å²) in [5.41, 5.74) is 1.19. The van der Waals surface area contributed by atoms with Crippen LogP contribution in [0.2, 0.25) is 0 Å². The number of fused-ring (bicyclic) bond motifs is 1. The number of non-ortho nitro benzene ring substituents is 1. The minimum absolute atomic E-state index is 0.111. The van der Waals surface area contributed by atoms with Gasteiger partial charge < -0.3 is 10.1 Å². The number of nitro groups is 1. The third-order valence-electron chi connectivity index (χ3n) is 3.68. The van der Waals surface area contributed by atoms with Crippen LogP contribution in [0.3, 0.4) is 0 Å². The van der Waals surface area contributed by atoms with Crippen LogP contribution in [0.25, 0.3) is 10.8 Å². The summed E-state index contributed by atoms with van der Waals surface area (Å²) in [6, 6.07) is 17.6. The van der Waals surface area contributed by atoms with Gasteiger partial charge >= 0.3 is 5.97 Å². The van der Waals surface area contributed by atoms with Gasteiger partial charge in [0.15, 0.2) is 0 Å². The van der Waals surface area contributed by atoms with Crippen molar-refractivity contribution in [2.45, 2.75) is 0 Å². The van der Waals surface area contributed by atoms with Crippen LogP contribution in [0, 0.1) is 10.1 Å². The normalized spacial score (nSPS) is 10.4. The molecule has 3 aromatic rings. The molecule has 0 spiro atoms. The molecule has 0 fully saturated rings. The maximum absolute atomic E-state index is 12.0. The van der Waals surface area contributed by atoms with Crippen LogP contribution in [-0.2, 0) is 4.74 Å². The van der Waals surface area contributed by atoms with E-state index in [0.717, 1.165) is 16.5 Å². The Balaban J connectivity index is 2.08. The molecule has 0 atom stereocenters. The number of nitrogens with one attached hydrogen (secondary N) is 1. The van der Waals surface area contributed by atoms with Crippen LogP contribution in [0.5, 0.6) is 0 Å². The molecule has 0 unspecified atom stereocenters. The first-order valence-electron chi connectivity index (χ1n) is 7.21.